The highest BCUT2D eigenvalue weighted by molar-refractivity contribution is 5.94. The maximum Gasteiger partial charge on any atom is 0.0782 e. The highest BCUT2D eigenvalue weighted by Crippen LogP contribution is 2.28. The Labute approximate surface area is 127 Å². The van der Waals surface area contributed by atoms with Crippen LogP contribution in [0, 0.1) is 6.92 Å². The number of hydrogen-bond donors (Lipinski definition) is 0. The van der Waals surface area contributed by atoms with Gasteiger partial charge in [-0.25, -0.2) is 0 Å². The van der Waals surface area contributed by atoms with Gasteiger partial charge in [-0.15, -0.1) is 0 Å². The zero-order chi connectivity index (χ0) is 15.1. The largest absolute Gasteiger partial charge is 0.256 e. The van der Waals surface area contributed by atoms with E-state index in [-0.39, 0.29) is 0 Å². The SMILES string of the molecule is CCCC.Cc1ccccc1-c1nccc2ccccc12. The Morgan fingerprint density at radius 3 is 2.19 bits per heavy atom. The molecule has 0 bridgehead atoms. The first kappa shape index (κ1) is 15.2. The van der Waals surface area contributed by atoms with Crippen molar-refractivity contribution in [3.8, 4) is 11.3 Å². The van der Waals surface area contributed by atoms with Crippen molar-refractivity contribution in [2.24, 2.45) is 0 Å². The van der Waals surface area contributed by atoms with Crippen LogP contribution in [0.15, 0.2) is 60.8 Å². The molecule has 0 aliphatic rings. The van der Waals surface area contributed by atoms with Gasteiger partial charge >= 0.3 is 0 Å². The molecule has 0 saturated carbocycles. The molecule has 21 heavy (non-hydrogen) atoms. The molecule has 1 aromatic heterocycles. The van der Waals surface area contributed by atoms with E-state index in [0.29, 0.717) is 0 Å². The summed E-state index contributed by atoms with van der Waals surface area (Å²) in [5, 5.41) is 2.45. The fraction of sp³-hybridized carbons (Fsp3) is 0.250. The Morgan fingerprint density at radius 2 is 1.48 bits per heavy atom. The molecule has 0 aliphatic carbocycles. The van der Waals surface area contributed by atoms with Crippen LogP contribution in [0.3, 0.4) is 0 Å². The smallest absolute Gasteiger partial charge is 0.0782 e. The number of aryl methyl sites for hydroxylation is 1. The van der Waals surface area contributed by atoms with E-state index in [1.807, 2.05) is 6.20 Å². The van der Waals surface area contributed by atoms with Crippen LogP contribution >= 0.6 is 0 Å². The van der Waals surface area contributed by atoms with E-state index in [9.17, 15) is 0 Å². The lowest BCUT2D eigenvalue weighted by atomic mass is 10.0. The van der Waals surface area contributed by atoms with Crippen LogP contribution in [0.25, 0.3) is 22.0 Å². The maximum absolute atomic E-state index is 4.54. The predicted octanol–water partition coefficient (Wildman–Crippen LogP) is 6.02. The number of hydrogen-bond acceptors (Lipinski definition) is 1. The molecule has 3 aromatic rings. The minimum absolute atomic E-state index is 1.07. The van der Waals surface area contributed by atoms with Crippen LogP contribution in [0.5, 0.6) is 0 Å². The number of unbranched alkanes of at least 4 members (excludes halogenated alkanes) is 1. The Hall–Kier alpha value is -2.15. The highest BCUT2D eigenvalue weighted by atomic mass is 14.7. The second-order valence-electron chi connectivity index (χ2n) is 5.20. The molecule has 0 fully saturated rings. The van der Waals surface area contributed by atoms with Crippen LogP contribution in [-0.2, 0) is 0 Å². The minimum Gasteiger partial charge on any atom is -0.256 e. The van der Waals surface area contributed by atoms with E-state index in [1.54, 1.807) is 0 Å². The number of fused-ring (bicyclic) bond motifs is 1. The molecule has 0 unspecified atom stereocenters. The molecule has 1 nitrogen and oxygen atoms in total. The van der Waals surface area contributed by atoms with Crippen molar-refractivity contribution in [3.05, 3.63) is 66.4 Å². The van der Waals surface area contributed by atoms with Gasteiger partial charge in [0.15, 0.2) is 0 Å². The first-order valence-electron chi connectivity index (χ1n) is 7.67. The summed E-state index contributed by atoms with van der Waals surface area (Å²) in [6, 6.07) is 18.8. The highest BCUT2D eigenvalue weighted by Gasteiger charge is 2.06. The van der Waals surface area contributed by atoms with Crippen molar-refractivity contribution >= 4 is 10.8 Å². The second kappa shape index (κ2) is 7.58. The molecule has 0 saturated heterocycles. The summed E-state index contributed by atoms with van der Waals surface area (Å²) < 4.78 is 0. The van der Waals surface area contributed by atoms with Gasteiger partial charge < -0.3 is 0 Å². The number of pyridine rings is 1. The Balaban J connectivity index is 0.000000361. The Morgan fingerprint density at radius 1 is 0.810 bits per heavy atom. The normalized spacial score (nSPS) is 10.0. The van der Waals surface area contributed by atoms with Crippen LogP contribution < -0.4 is 0 Å². The van der Waals surface area contributed by atoms with Crippen LogP contribution in [0.4, 0.5) is 0 Å². The molecule has 2 aromatic carbocycles. The Bertz CT molecular complexity index is 694. The van der Waals surface area contributed by atoms with E-state index in [0.717, 1.165) is 5.69 Å². The quantitative estimate of drug-likeness (QED) is 0.558. The first-order chi connectivity index (χ1) is 10.3. The van der Waals surface area contributed by atoms with Gasteiger partial charge in [0, 0.05) is 17.1 Å². The van der Waals surface area contributed by atoms with Crippen molar-refractivity contribution in [3.63, 3.8) is 0 Å². The van der Waals surface area contributed by atoms with Crippen molar-refractivity contribution < 1.29 is 0 Å². The van der Waals surface area contributed by atoms with Gasteiger partial charge in [0.05, 0.1) is 5.69 Å². The lowest BCUT2D eigenvalue weighted by molar-refractivity contribution is 0.886. The van der Waals surface area contributed by atoms with Crippen molar-refractivity contribution in [1.29, 1.82) is 0 Å². The monoisotopic (exact) mass is 277 g/mol. The topological polar surface area (TPSA) is 12.9 Å². The lowest BCUT2D eigenvalue weighted by Gasteiger charge is -2.08. The zero-order valence-electron chi connectivity index (χ0n) is 13.1. The molecule has 1 heterocycles. The average Bonchev–Trinajstić information content (AvgIpc) is 2.55. The summed E-state index contributed by atoms with van der Waals surface area (Å²) in [5.74, 6) is 0. The second-order valence-corrected chi connectivity index (χ2v) is 5.20. The van der Waals surface area contributed by atoms with Gasteiger partial charge in [-0.1, -0.05) is 75.2 Å². The van der Waals surface area contributed by atoms with E-state index in [4.69, 9.17) is 0 Å². The third-order valence-corrected chi connectivity index (χ3v) is 3.57. The molecule has 0 spiro atoms. The minimum atomic E-state index is 1.07. The average molecular weight is 277 g/mol. The number of rotatable bonds is 2. The predicted molar refractivity (Wildman–Crippen MR) is 92.5 cm³/mol. The van der Waals surface area contributed by atoms with E-state index in [1.165, 1.54) is 34.7 Å². The van der Waals surface area contributed by atoms with Crippen molar-refractivity contribution in [2.75, 3.05) is 0 Å². The van der Waals surface area contributed by atoms with Crippen LogP contribution in [-0.4, -0.2) is 4.98 Å². The number of benzene rings is 2. The third-order valence-electron chi connectivity index (χ3n) is 3.57. The fourth-order valence-corrected chi connectivity index (χ4v) is 2.17. The molecular formula is C20H23N. The summed E-state index contributed by atoms with van der Waals surface area (Å²) in [6.07, 6.45) is 4.52. The van der Waals surface area contributed by atoms with Gasteiger partial charge in [-0.2, -0.15) is 0 Å². The van der Waals surface area contributed by atoms with E-state index < -0.39 is 0 Å². The maximum atomic E-state index is 4.54. The summed E-state index contributed by atoms with van der Waals surface area (Å²) in [5.41, 5.74) is 3.54. The van der Waals surface area contributed by atoms with Gasteiger partial charge in [-0.3, -0.25) is 4.98 Å². The zero-order valence-corrected chi connectivity index (χ0v) is 13.1. The number of aromatic nitrogens is 1. The molecule has 1 heteroatoms. The van der Waals surface area contributed by atoms with Crippen LogP contribution in [0.1, 0.15) is 32.3 Å². The molecule has 0 N–H and O–H groups in total. The molecule has 0 amide bonds. The molecule has 0 aliphatic heterocycles. The van der Waals surface area contributed by atoms with E-state index >= 15 is 0 Å². The van der Waals surface area contributed by atoms with Gasteiger partial charge in [-0.05, 0) is 23.9 Å². The summed E-state index contributed by atoms with van der Waals surface area (Å²) >= 11 is 0. The molecule has 0 atom stereocenters. The van der Waals surface area contributed by atoms with E-state index in [2.05, 4.69) is 80.4 Å². The summed E-state index contributed by atoms with van der Waals surface area (Å²) in [6.45, 7) is 6.48. The van der Waals surface area contributed by atoms with Gasteiger partial charge in [0.2, 0.25) is 0 Å². The standard InChI is InChI=1S/C16H13N.C4H10/c1-12-6-2-4-8-14(12)16-15-9-5-3-7-13(15)10-11-17-16;1-3-4-2/h2-11H,1H3;3-4H2,1-2H3. The number of nitrogens with zero attached hydrogens (tertiary/aromatic N) is 1. The fourth-order valence-electron chi connectivity index (χ4n) is 2.17. The van der Waals surface area contributed by atoms with Crippen LogP contribution in [0.2, 0.25) is 0 Å². The third kappa shape index (κ3) is 3.69. The van der Waals surface area contributed by atoms with Crippen molar-refractivity contribution in [1.82, 2.24) is 4.98 Å². The Kier molecular flexibility index (Phi) is 5.51. The molecule has 3 rings (SSSR count). The molecule has 108 valence electrons. The lowest BCUT2D eigenvalue weighted by Crippen LogP contribution is -1.88. The summed E-state index contributed by atoms with van der Waals surface area (Å²) in [4.78, 5) is 4.54. The van der Waals surface area contributed by atoms with Gasteiger partial charge in [0.25, 0.3) is 0 Å². The van der Waals surface area contributed by atoms with Gasteiger partial charge in [0.1, 0.15) is 0 Å². The summed E-state index contributed by atoms with van der Waals surface area (Å²) in [7, 11) is 0. The molecule has 0 radical (unpaired) electrons. The molecular weight excluding hydrogens is 254 g/mol. The van der Waals surface area contributed by atoms with Crippen molar-refractivity contribution in [2.45, 2.75) is 33.6 Å². The first-order valence-corrected chi connectivity index (χ1v) is 7.67.